The van der Waals surface area contributed by atoms with Gasteiger partial charge < -0.3 is 14.5 Å². The Kier molecular flexibility index (Phi) is 8.12. The lowest BCUT2D eigenvalue weighted by Crippen LogP contribution is -2.54. The molecule has 0 radical (unpaired) electrons. The Morgan fingerprint density at radius 1 is 1.05 bits per heavy atom. The molecule has 2 unspecified atom stereocenters. The van der Waals surface area contributed by atoms with E-state index in [1.807, 2.05) is 62.2 Å². The first-order valence-electron chi connectivity index (χ1n) is 14.6. The number of H-pyrrole nitrogens is 1. The van der Waals surface area contributed by atoms with Gasteiger partial charge in [-0.3, -0.25) is 14.8 Å². The summed E-state index contributed by atoms with van der Waals surface area (Å²) in [5.74, 6) is 0.471. The largest absolute Gasteiger partial charge is 0.444 e. The second-order valence-electron chi connectivity index (χ2n) is 12.1. The smallest absolute Gasteiger partial charge is 0.410 e. The number of fused-ring (bicyclic) bond motifs is 3. The molecule has 1 aromatic carbocycles. The van der Waals surface area contributed by atoms with Gasteiger partial charge in [0, 0.05) is 56.5 Å². The number of aromatic nitrogens is 3. The van der Waals surface area contributed by atoms with Gasteiger partial charge in [-0.05, 0) is 56.2 Å². The molecule has 40 heavy (non-hydrogen) atoms. The van der Waals surface area contributed by atoms with Crippen LogP contribution in [-0.4, -0.2) is 80.2 Å². The molecule has 3 aromatic rings. The molecule has 0 aliphatic carbocycles. The Bertz CT molecular complexity index is 1340. The number of amides is 2. The minimum atomic E-state index is -0.535. The summed E-state index contributed by atoms with van der Waals surface area (Å²) in [5, 5.41) is 8.89. The number of pyridine rings is 1. The number of aromatic amines is 1. The van der Waals surface area contributed by atoms with Gasteiger partial charge >= 0.3 is 6.09 Å². The fraction of sp³-hybridized carbons (Fsp3) is 0.548. The molecule has 1 saturated heterocycles. The standard InChI is InChI=1S/C31H42N6O3/c1-6-10-21(2)26-25-24-13-14-37(20-23(24)19-32-28(25)34-33-26)29(38)27(22-11-8-7-9-12-22)35-15-17-36(18-16-35)30(39)40-31(3,4)5/h7-9,11-12,19,21,27H,6,10,13-18,20H2,1-5H3,(H,32,33,34). The van der Waals surface area contributed by atoms with Crippen LogP contribution in [0.3, 0.4) is 0 Å². The van der Waals surface area contributed by atoms with Crippen LogP contribution in [0.5, 0.6) is 0 Å². The van der Waals surface area contributed by atoms with Crippen molar-refractivity contribution >= 4 is 23.0 Å². The number of nitrogens with one attached hydrogen (secondary N) is 1. The number of rotatable bonds is 6. The molecule has 2 aliphatic rings. The maximum absolute atomic E-state index is 14.2. The average molecular weight is 547 g/mol. The monoisotopic (exact) mass is 546 g/mol. The Morgan fingerprint density at radius 2 is 1.77 bits per heavy atom. The Morgan fingerprint density at radius 3 is 2.45 bits per heavy atom. The number of benzene rings is 1. The molecule has 0 bridgehead atoms. The number of carbonyl (C=O) groups excluding carboxylic acids is 2. The van der Waals surface area contributed by atoms with Gasteiger partial charge in [-0.2, -0.15) is 5.10 Å². The van der Waals surface area contributed by atoms with E-state index in [1.54, 1.807) is 4.90 Å². The summed E-state index contributed by atoms with van der Waals surface area (Å²) < 4.78 is 5.58. The molecule has 0 spiro atoms. The Balaban J connectivity index is 1.36. The number of ether oxygens (including phenoxy) is 1. The van der Waals surface area contributed by atoms with E-state index in [4.69, 9.17) is 4.74 Å². The first-order chi connectivity index (χ1) is 19.2. The van der Waals surface area contributed by atoms with Crippen LogP contribution < -0.4 is 0 Å². The summed E-state index contributed by atoms with van der Waals surface area (Å²) >= 11 is 0. The number of nitrogens with zero attached hydrogens (tertiary/aromatic N) is 5. The highest BCUT2D eigenvalue weighted by Crippen LogP contribution is 2.34. The topological polar surface area (TPSA) is 94.7 Å². The van der Waals surface area contributed by atoms with Gasteiger partial charge in [0.2, 0.25) is 5.91 Å². The van der Waals surface area contributed by atoms with Crippen LogP contribution in [0, 0.1) is 0 Å². The summed E-state index contributed by atoms with van der Waals surface area (Å²) in [6.45, 7) is 13.5. The van der Waals surface area contributed by atoms with Crippen molar-refractivity contribution in [2.45, 2.75) is 78.0 Å². The number of piperazine rings is 1. The summed E-state index contributed by atoms with van der Waals surface area (Å²) in [7, 11) is 0. The zero-order valence-corrected chi connectivity index (χ0v) is 24.4. The van der Waals surface area contributed by atoms with Crippen molar-refractivity contribution in [2.24, 2.45) is 0 Å². The second-order valence-corrected chi connectivity index (χ2v) is 12.1. The van der Waals surface area contributed by atoms with E-state index < -0.39 is 11.6 Å². The quantitative estimate of drug-likeness (QED) is 0.466. The number of carbonyl (C=O) groups is 2. The molecule has 214 valence electrons. The third kappa shape index (κ3) is 5.84. The minimum Gasteiger partial charge on any atom is -0.444 e. The first-order valence-corrected chi connectivity index (χ1v) is 14.6. The fourth-order valence-electron chi connectivity index (χ4n) is 6.00. The molecule has 2 aliphatic heterocycles. The van der Waals surface area contributed by atoms with Crippen molar-refractivity contribution in [2.75, 3.05) is 32.7 Å². The predicted octanol–water partition coefficient (Wildman–Crippen LogP) is 5.04. The van der Waals surface area contributed by atoms with Gasteiger partial charge in [-0.15, -0.1) is 0 Å². The predicted molar refractivity (Wildman–Crippen MR) is 155 cm³/mol. The molecule has 0 saturated carbocycles. The van der Waals surface area contributed by atoms with E-state index >= 15 is 0 Å². The van der Waals surface area contributed by atoms with Crippen LogP contribution in [0.4, 0.5) is 4.79 Å². The number of hydrogen-bond donors (Lipinski definition) is 1. The molecule has 2 amide bonds. The normalized spacial score (nSPS) is 17.9. The fourth-order valence-corrected chi connectivity index (χ4v) is 6.00. The highest BCUT2D eigenvalue weighted by molar-refractivity contribution is 5.86. The average Bonchev–Trinajstić information content (AvgIpc) is 3.38. The Hall–Kier alpha value is -3.46. The van der Waals surface area contributed by atoms with Crippen molar-refractivity contribution in [1.82, 2.24) is 29.9 Å². The zero-order valence-electron chi connectivity index (χ0n) is 24.4. The first kappa shape index (κ1) is 28.1. The van der Waals surface area contributed by atoms with Crippen molar-refractivity contribution in [1.29, 1.82) is 0 Å². The SMILES string of the molecule is CCCC(C)c1[nH]nc2ncc3c(c12)CCN(C(=O)C(c1ccccc1)N1CCN(C(=O)OC(C)(C)C)CC1)C3. The second kappa shape index (κ2) is 11.6. The lowest BCUT2D eigenvalue weighted by Gasteiger charge is -2.41. The van der Waals surface area contributed by atoms with E-state index in [9.17, 15) is 9.59 Å². The van der Waals surface area contributed by atoms with Crippen molar-refractivity contribution in [3.63, 3.8) is 0 Å². The van der Waals surface area contributed by atoms with Gasteiger partial charge in [-0.1, -0.05) is 50.6 Å². The van der Waals surface area contributed by atoms with E-state index in [0.29, 0.717) is 45.2 Å². The van der Waals surface area contributed by atoms with Crippen LogP contribution >= 0.6 is 0 Å². The minimum absolute atomic E-state index is 0.0921. The van der Waals surface area contributed by atoms with E-state index in [-0.39, 0.29) is 12.0 Å². The van der Waals surface area contributed by atoms with Gasteiger partial charge in [0.15, 0.2) is 5.65 Å². The van der Waals surface area contributed by atoms with Gasteiger partial charge in [0.25, 0.3) is 0 Å². The maximum atomic E-state index is 14.2. The molecule has 2 aromatic heterocycles. The van der Waals surface area contributed by atoms with Crippen LogP contribution in [0.15, 0.2) is 36.5 Å². The molecule has 9 heteroatoms. The van der Waals surface area contributed by atoms with Crippen molar-refractivity contribution in [3.05, 3.63) is 58.9 Å². The van der Waals surface area contributed by atoms with E-state index in [0.717, 1.165) is 47.1 Å². The highest BCUT2D eigenvalue weighted by Gasteiger charge is 2.36. The van der Waals surface area contributed by atoms with Crippen LogP contribution in [0.1, 0.15) is 81.8 Å². The van der Waals surface area contributed by atoms with E-state index in [2.05, 4.69) is 33.9 Å². The van der Waals surface area contributed by atoms with Crippen LogP contribution in [0.2, 0.25) is 0 Å². The summed E-state index contributed by atoms with van der Waals surface area (Å²) in [4.78, 5) is 37.4. The van der Waals surface area contributed by atoms with Crippen molar-refractivity contribution in [3.8, 4) is 0 Å². The van der Waals surface area contributed by atoms with Crippen LogP contribution in [-0.2, 0) is 22.5 Å². The lowest BCUT2D eigenvalue weighted by atomic mass is 9.92. The summed E-state index contributed by atoms with van der Waals surface area (Å²) in [6, 6.07) is 9.58. The Labute approximate surface area is 236 Å². The lowest BCUT2D eigenvalue weighted by molar-refractivity contribution is -0.139. The van der Waals surface area contributed by atoms with Crippen molar-refractivity contribution < 1.29 is 14.3 Å². The molecular weight excluding hydrogens is 504 g/mol. The molecular formula is C31H42N6O3. The van der Waals surface area contributed by atoms with E-state index in [1.165, 1.54) is 5.56 Å². The highest BCUT2D eigenvalue weighted by atomic mass is 16.6. The van der Waals surface area contributed by atoms with Gasteiger partial charge in [-0.25, -0.2) is 9.78 Å². The summed E-state index contributed by atoms with van der Waals surface area (Å²) in [5.41, 5.74) is 4.73. The maximum Gasteiger partial charge on any atom is 0.410 e. The molecule has 2 atom stereocenters. The molecule has 4 heterocycles. The zero-order chi connectivity index (χ0) is 28.4. The molecule has 1 fully saturated rings. The summed E-state index contributed by atoms with van der Waals surface area (Å²) in [6.07, 6.45) is 4.57. The van der Waals surface area contributed by atoms with Gasteiger partial charge in [0.05, 0.1) is 0 Å². The number of hydrogen-bond acceptors (Lipinski definition) is 6. The molecule has 5 rings (SSSR count). The van der Waals surface area contributed by atoms with Gasteiger partial charge in [0.1, 0.15) is 11.6 Å². The third-order valence-corrected chi connectivity index (χ3v) is 8.01. The van der Waals surface area contributed by atoms with Crippen LogP contribution in [0.25, 0.3) is 11.0 Å². The molecule has 9 nitrogen and oxygen atoms in total. The molecule has 1 N–H and O–H groups in total. The third-order valence-electron chi connectivity index (χ3n) is 8.01.